The summed E-state index contributed by atoms with van der Waals surface area (Å²) in [6.45, 7) is 4.44. The van der Waals surface area contributed by atoms with Crippen molar-refractivity contribution in [3.63, 3.8) is 0 Å². The Balaban J connectivity index is 2.51. The first kappa shape index (κ1) is 12.5. The molecule has 16 heavy (non-hydrogen) atoms. The van der Waals surface area contributed by atoms with Crippen molar-refractivity contribution < 1.29 is 0 Å². The van der Waals surface area contributed by atoms with E-state index in [1.807, 2.05) is 24.1 Å². The molecule has 0 fully saturated rings. The van der Waals surface area contributed by atoms with Crippen molar-refractivity contribution in [2.45, 2.75) is 19.9 Å². The van der Waals surface area contributed by atoms with Crippen LogP contribution in [-0.4, -0.2) is 30.3 Å². The number of aromatic nitrogens is 2. The molecule has 1 N–H and O–H groups in total. The highest BCUT2D eigenvalue weighted by Crippen LogP contribution is 2.06. The highest BCUT2D eigenvalue weighted by Gasteiger charge is 2.01. The lowest BCUT2D eigenvalue weighted by Crippen LogP contribution is -2.20. The molecule has 0 unspecified atom stereocenters. The molecule has 1 aromatic rings. The van der Waals surface area contributed by atoms with Crippen molar-refractivity contribution in [2.75, 3.05) is 25.0 Å². The first-order chi connectivity index (χ1) is 7.77. The first-order valence-corrected chi connectivity index (χ1v) is 5.45. The van der Waals surface area contributed by atoms with E-state index in [9.17, 15) is 0 Å². The summed E-state index contributed by atoms with van der Waals surface area (Å²) in [5.74, 6) is 3.37. The summed E-state index contributed by atoms with van der Waals surface area (Å²) < 4.78 is 0. The molecule has 86 valence electrons. The number of terminal acetylenes is 1. The van der Waals surface area contributed by atoms with Crippen molar-refractivity contribution >= 4 is 5.82 Å². The molecule has 0 atom stereocenters. The van der Waals surface area contributed by atoms with Gasteiger partial charge < -0.3 is 10.2 Å². The quantitative estimate of drug-likeness (QED) is 0.572. The largest absolute Gasteiger partial charge is 0.347 e. The van der Waals surface area contributed by atoms with Gasteiger partial charge >= 0.3 is 0 Å². The van der Waals surface area contributed by atoms with Crippen LogP contribution in [0.15, 0.2) is 12.1 Å². The lowest BCUT2D eigenvalue weighted by molar-refractivity contribution is 0.656. The van der Waals surface area contributed by atoms with Crippen LogP contribution in [0.1, 0.15) is 19.0 Å². The summed E-state index contributed by atoms with van der Waals surface area (Å²) in [5, 5.41) is 11.5. The molecule has 0 amide bonds. The molecule has 4 nitrogen and oxygen atoms in total. The normalized spacial score (nSPS) is 9.81. The van der Waals surface area contributed by atoms with E-state index in [1.165, 1.54) is 0 Å². The Kier molecular flexibility index (Phi) is 5.30. The molecule has 0 saturated carbocycles. The van der Waals surface area contributed by atoms with Gasteiger partial charge in [-0.15, -0.1) is 11.5 Å². The van der Waals surface area contributed by atoms with E-state index in [1.54, 1.807) is 0 Å². The van der Waals surface area contributed by atoms with E-state index < -0.39 is 0 Å². The Hall–Kier alpha value is -1.60. The summed E-state index contributed by atoms with van der Waals surface area (Å²) in [6.07, 6.45) is 6.35. The average molecular weight is 218 g/mol. The van der Waals surface area contributed by atoms with Gasteiger partial charge in [-0.3, -0.25) is 0 Å². The Morgan fingerprint density at radius 3 is 2.81 bits per heavy atom. The highest BCUT2D eigenvalue weighted by molar-refractivity contribution is 5.37. The Labute approximate surface area is 97.1 Å². The van der Waals surface area contributed by atoms with Crippen LogP contribution in [0, 0.1) is 12.3 Å². The average Bonchev–Trinajstić information content (AvgIpc) is 2.30. The number of nitrogens with one attached hydrogen (secondary N) is 1. The number of nitrogens with zero attached hydrogens (tertiary/aromatic N) is 3. The van der Waals surface area contributed by atoms with Crippen molar-refractivity contribution in [1.29, 1.82) is 0 Å². The topological polar surface area (TPSA) is 41.0 Å². The molecular weight excluding hydrogens is 200 g/mol. The molecule has 0 aliphatic carbocycles. The molecule has 1 aromatic heterocycles. The van der Waals surface area contributed by atoms with Crippen LogP contribution in [0.25, 0.3) is 0 Å². The number of rotatable bonds is 6. The summed E-state index contributed by atoms with van der Waals surface area (Å²) >= 11 is 0. The third kappa shape index (κ3) is 3.87. The zero-order valence-electron chi connectivity index (χ0n) is 9.90. The van der Waals surface area contributed by atoms with Crippen molar-refractivity contribution in [3.8, 4) is 12.3 Å². The molecule has 0 aliphatic rings. The van der Waals surface area contributed by atoms with Gasteiger partial charge in [-0.2, -0.15) is 5.10 Å². The van der Waals surface area contributed by atoms with Crippen LogP contribution < -0.4 is 10.2 Å². The monoisotopic (exact) mass is 218 g/mol. The molecule has 0 spiro atoms. The predicted octanol–water partition coefficient (Wildman–Crippen LogP) is 1.05. The number of hydrogen-bond acceptors (Lipinski definition) is 4. The standard InChI is InChI=1S/C12H18N4/c1-4-8-13-10-11-6-7-12(15-14-11)16(3)9-5-2/h2,6-7,13H,4,8-10H2,1,3H3. The maximum absolute atomic E-state index is 5.23. The van der Waals surface area contributed by atoms with Gasteiger partial charge in [0, 0.05) is 13.6 Å². The van der Waals surface area contributed by atoms with Gasteiger partial charge in [0.1, 0.15) is 0 Å². The van der Waals surface area contributed by atoms with Gasteiger partial charge in [0.2, 0.25) is 0 Å². The van der Waals surface area contributed by atoms with Crippen LogP contribution in [0.3, 0.4) is 0 Å². The van der Waals surface area contributed by atoms with Crippen molar-refractivity contribution in [3.05, 3.63) is 17.8 Å². The Morgan fingerprint density at radius 1 is 1.44 bits per heavy atom. The van der Waals surface area contributed by atoms with Gasteiger partial charge in [-0.1, -0.05) is 12.8 Å². The van der Waals surface area contributed by atoms with Gasteiger partial charge in [-0.05, 0) is 25.1 Å². The van der Waals surface area contributed by atoms with Crippen LogP contribution in [0.5, 0.6) is 0 Å². The minimum atomic E-state index is 0.544. The summed E-state index contributed by atoms with van der Waals surface area (Å²) in [7, 11) is 1.90. The third-order valence-corrected chi connectivity index (χ3v) is 2.16. The third-order valence-electron chi connectivity index (χ3n) is 2.16. The van der Waals surface area contributed by atoms with Crippen LogP contribution in [-0.2, 0) is 6.54 Å². The predicted molar refractivity (Wildman–Crippen MR) is 66.1 cm³/mol. The van der Waals surface area contributed by atoms with Crippen LogP contribution >= 0.6 is 0 Å². The molecule has 1 heterocycles. The molecule has 0 radical (unpaired) electrons. The second-order valence-corrected chi connectivity index (χ2v) is 3.62. The van der Waals surface area contributed by atoms with Crippen molar-refractivity contribution in [1.82, 2.24) is 15.5 Å². The molecule has 4 heteroatoms. The molecule has 0 aliphatic heterocycles. The van der Waals surface area contributed by atoms with Crippen molar-refractivity contribution in [2.24, 2.45) is 0 Å². The molecular formula is C12H18N4. The number of hydrogen-bond donors (Lipinski definition) is 1. The SMILES string of the molecule is C#CCN(C)c1ccc(CNCCC)nn1. The summed E-state index contributed by atoms with van der Waals surface area (Å²) in [5.41, 5.74) is 0.950. The zero-order chi connectivity index (χ0) is 11.8. The molecule has 1 rings (SSSR count). The zero-order valence-corrected chi connectivity index (χ0v) is 9.90. The fourth-order valence-electron chi connectivity index (χ4n) is 1.26. The van der Waals surface area contributed by atoms with Crippen LogP contribution in [0.2, 0.25) is 0 Å². The fourth-order valence-corrected chi connectivity index (χ4v) is 1.26. The highest BCUT2D eigenvalue weighted by atomic mass is 15.2. The van der Waals surface area contributed by atoms with Gasteiger partial charge in [0.05, 0.1) is 12.2 Å². The summed E-state index contributed by atoms with van der Waals surface area (Å²) in [6, 6.07) is 3.91. The van der Waals surface area contributed by atoms with Gasteiger partial charge in [0.15, 0.2) is 5.82 Å². The van der Waals surface area contributed by atoms with E-state index in [-0.39, 0.29) is 0 Å². The Morgan fingerprint density at radius 2 is 2.25 bits per heavy atom. The molecule has 0 bridgehead atoms. The Bertz CT molecular complexity index is 339. The van der Waals surface area contributed by atoms with E-state index in [0.29, 0.717) is 6.54 Å². The minimum Gasteiger partial charge on any atom is -0.347 e. The molecule has 0 aromatic carbocycles. The first-order valence-electron chi connectivity index (χ1n) is 5.45. The van der Waals surface area contributed by atoms with Crippen LogP contribution in [0.4, 0.5) is 5.82 Å². The van der Waals surface area contributed by atoms with E-state index in [4.69, 9.17) is 6.42 Å². The smallest absolute Gasteiger partial charge is 0.151 e. The minimum absolute atomic E-state index is 0.544. The summed E-state index contributed by atoms with van der Waals surface area (Å²) in [4.78, 5) is 1.89. The van der Waals surface area contributed by atoms with E-state index >= 15 is 0 Å². The van der Waals surface area contributed by atoms with E-state index in [2.05, 4.69) is 28.4 Å². The second kappa shape index (κ2) is 6.81. The lowest BCUT2D eigenvalue weighted by Gasteiger charge is -2.13. The second-order valence-electron chi connectivity index (χ2n) is 3.62. The molecule has 0 saturated heterocycles. The fraction of sp³-hybridized carbons (Fsp3) is 0.500. The maximum atomic E-state index is 5.23. The van der Waals surface area contributed by atoms with Gasteiger partial charge in [-0.25, -0.2) is 0 Å². The van der Waals surface area contributed by atoms with Gasteiger partial charge in [0.25, 0.3) is 0 Å². The lowest BCUT2D eigenvalue weighted by atomic mass is 10.3. The number of anilines is 1. The maximum Gasteiger partial charge on any atom is 0.151 e. The van der Waals surface area contributed by atoms with E-state index in [0.717, 1.165) is 31.0 Å².